The molecule has 0 spiro atoms. The number of amides is 2. The Kier molecular flexibility index (Phi) is 6.41. The third-order valence-corrected chi connectivity index (χ3v) is 4.18. The summed E-state index contributed by atoms with van der Waals surface area (Å²) in [5.74, 6) is 0.261. The lowest BCUT2D eigenvalue weighted by molar-refractivity contribution is -0.118. The Hall–Kier alpha value is -3.60. The minimum atomic E-state index is -0.260. The molecule has 0 saturated heterocycles. The molecule has 2 amide bonds. The Morgan fingerprint density at radius 2 is 1.54 bits per heavy atom. The highest BCUT2D eigenvalue weighted by molar-refractivity contribution is 5.96. The number of carbonyl (C=O) groups excluding carboxylic acids is 2. The Bertz CT molecular complexity index is 938. The van der Waals surface area contributed by atoms with Crippen molar-refractivity contribution < 1.29 is 14.3 Å². The quantitative estimate of drug-likeness (QED) is 0.658. The average Bonchev–Trinajstić information content (AvgIpc) is 2.73. The van der Waals surface area contributed by atoms with Crippen LogP contribution in [0.2, 0.25) is 0 Å². The SMILES string of the molecule is Cc1ccccc1OCC(=O)Nc1ccc(C(=O)NCc2ccccc2)cc1. The Balaban J connectivity index is 1.49. The van der Waals surface area contributed by atoms with Crippen molar-refractivity contribution in [1.29, 1.82) is 0 Å². The normalized spacial score (nSPS) is 10.2. The second-order valence-corrected chi connectivity index (χ2v) is 6.35. The third-order valence-electron chi connectivity index (χ3n) is 4.18. The zero-order valence-corrected chi connectivity index (χ0v) is 15.6. The van der Waals surface area contributed by atoms with Crippen molar-refractivity contribution in [2.75, 3.05) is 11.9 Å². The zero-order chi connectivity index (χ0) is 19.8. The van der Waals surface area contributed by atoms with Crippen LogP contribution in [0.5, 0.6) is 5.75 Å². The predicted molar refractivity (Wildman–Crippen MR) is 109 cm³/mol. The maximum atomic E-state index is 12.2. The smallest absolute Gasteiger partial charge is 0.262 e. The van der Waals surface area contributed by atoms with E-state index in [1.54, 1.807) is 24.3 Å². The van der Waals surface area contributed by atoms with E-state index in [4.69, 9.17) is 4.74 Å². The number of hydrogen-bond donors (Lipinski definition) is 2. The number of ether oxygens (including phenoxy) is 1. The molecule has 0 aliphatic heterocycles. The Morgan fingerprint density at radius 3 is 2.25 bits per heavy atom. The highest BCUT2D eigenvalue weighted by Crippen LogP contribution is 2.16. The molecule has 0 aliphatic carbocycles. The van der Waals surface area contributed by atoms with Crippen LogP contribution in [0.3, 0.4) is 0 Å². The largest absolute Gasteiger partial charge is 0.483 e. The van der Waals surface area contributed by atoms with Gasteiger partial charge in [-0.05, 0) is 48.4 Å². The lowest BCUT2D eigenvalue weighted by Crippen LogP contribution is -2.23. The van der Waals surface area contributed by atoms with Crippen LogP contribution in [0, 0.1) is 6.92 Å². The Morgan fingerprint density at radius 1 is 0.857 bits per heavy atom. The molecule has 0 fully saturated rings. The van der Waals surface area contributed by atoms with Crippen molar-refractivity contribution in [1.82, 2.24) is 5.32 Å². The first-order chi connectivity index (χ1) is 13.6. The minimum absolute atomic E-state index is 0.0792. The Labute approximate surface area is 164 Å². The maximum absolute atomic E-state index is 12.2. The molecule has 3 aromatic rings. The monoisotopic (exact) mass is 374 g/mol. The second-order valence-electron chi connectivity index (χ2n) is 6.35. The van der Waals surface area contributed by atoms with Crippen molar-refractivity contribution in [3.63, 3.8) is 0 Å². The molecular formula is C23H22N2O3. The maximum Gasteiger partial charge on any atom is 0.262 e. The van der Waals surface area contributed by atoms with Crippen LogP contribution in [0.15, 0.2) is 78.9 Å². The molecule has 0 bridgehead atoms. The molecule has 0 aliphatic rings. The summed E-state index contributed by atoms with van der Waals surface area (Å²) in [6, 6.07) is 24.0. The molecule has 0 unspecified atom stereocenters. The lowest BCUT2D eigenvalue weighted by Gasteiger charge is -2.10. The van der Waals surface area contributed by atoms with E-state index >= 15 is 0 Å². The number of rotatable bonds is 7. The highest BCUT2D eigenvalue weighted by atomic mass is 16.5. The van der Waals surface area contributed by atoms with E-state index in [2.05, 4.69) is 10.6 Å². The summed E-state index contributed by atoms with van der Waals surface area (Å²) in [5, 5.41) is 5.63. The van der Waals surface area contributed by atoms with Crippen LogP contribution in [0.1, 0.15) is 21.5 Å². The second kappa shape index (κ2) is 9.37. The molecule has 2 N–H and O–H groups in total. The standard InChI is InChI=1S/C23H22N2O3/c1-17-7-5-6-10-21(17)28-16-22(26)25-20-13-11-19(12-14-20)23(27)24-15-18-8-3-2-4-9-18/h2-14H,15-16H2,1H3,(H,24,27)(H,25,26). The van der Waals surface area contributed by atoms with Gasteiger partial charge in [0, 0.05) is 17.8 Å². The van der Waals surface area contributed by atoms with Crippen LogP contribution < -0.4 is 15.4 Å². The van der Waals surface area contributed by atoms with Gasteiger partial charge in [0.2, 0.25) is 0 Å². The molecule has 142 valence electrons. The van der Waals surface area contributed by atoms with Crippen LogP contribution in [0.25, 0.3) is 0 Å². The molecule has 3 rings (SSSR count). The summed E-state index contributed by atoms with van der Waals surface area (Å²) < 4.78 is 5.53. The van der Waals surface area contributed by atoms with Crippen molar-refractivity contribution in [2.24, 2.45) is 0 Å². The van der Waals surface area contributed by atoms with E-state index < -0.39 is 0 Å². The predicted octanol–water partition coefficient (Wildman–Crippen LogP) is 3.94. The first kappa shape index (κ1) is 19.2. The minimum Gasteiger partial charge on any atom is -0.483 e. The first-order valence-corrected chi connectivity index (χ1v) is 9.02. The number of hydrogen-bond acceptors (Lipinski definition) is 3. The van der Waals surface area contributed by atoms with Crippen molar-refractivity contribution in [2.45, 2.75) is 13.5 Å². The van der Waals surface area contributed by atoms with Gasteiger partial charge < -0.3 is 15.4 Å². The van der Waals surface area contributed by atoms with Crippen LogP contribution in [0.4, 0.5) is 5.69 Å². The number of aryl methyl sites for hydroxylation is 1. The van der Waals surface area contributed by atoms with Crippen molar-refractivity contribution in [3.05, 3.63) is 95.6 Å². The van der Waals surface area contributed by atoms with Gasteiger partial charge in [0.15, 0.2) is 6.61 Å². The van der Waals surface area contributed by atoms with E-state index in [0.717, 1.165) is 11.1 Å². The zero-order valence-electron chi connectivity index (χ0n) is 15.6. The molecular weight excluding hydrogens is 352 g/mol. The van der Waals surface area contributed by atoms with E-state index in [1.807, 2.05) is 61.5 Å². The molecule has 0 radical (unpaired) electrons. The number of carbonyl (C=O) groups is 2. The van der Waals surface area contributed by atoms with Gasteiger partial charge in [-0.2, -0.15) is 0 Å². The van der Waals surface area contributed by atoms with Gasteiger partial charge in [-0.15, -0.1) is 0 Å². The summed E-state index contributed by atoms with van der Waals surface area (Å²) in [6.07, 6.45) is 0. The molecule has 5 heteroatoms. The van der Waals surface area contributed by atoms with Crippen molar-refractivity contribution >= 4 is 17.5 Å². The van der Waals surface area contributed by atoms with Gasteiger partial charge in [0.25, 0.3) is 11.8 Å². The summed E-state index contributed by atoms with van der Waals surface area (Å²) in [7, 11) is 0. The molecule has 5 nitrogen and oxygen atoms in total. The first-order valence-electron chi connectivity index (χ1n) is 9.02. The van der Waals surface area contributed by atoms with Gasteiger partial charge in [-0.3, -0.25) is 9.59 Å². The number of benzene rings is 3. The molecule has 0 aromatic heterocycles. The summed E-state index contributed by atoms with van der Waals surface area (Å²) in [4.78, 5) is 24.3. The van der Waals surface area contributed by atoms with Crippen LogP contribution >= 0.6 is 0 Å². The van der Waals surface area contributed by atoms with E-state index in [1.165, 1.54) is 0 Å². The van der Waals surface area contributed by atoms with Gasteiger partial charge in [0.1, 0.15) is 5.75 Å². The number of para-hydroxylation sites is 1. The van der Waals surface area contributed by atoms with Gasteiger partial charge >= 0.3 is 0 Å². The molecule has 0 saturated carbocycles. The van der Waals surface area contributed by atoms with Crippen LogP contribution in [-0.2, 0) is 11.3 Å². The van der Waals surface area contributed by atoms with Gasteiger partial charge in [-0.1, -0.05) is 48.5 Å². The highest BCUT2D eigenvalue weighted by Gasteiger charge is 2.08. The van der Waals surface area contributed by atoms with E-state index in [-0.39, 0.29) is 18.4 Å². The topological polar surface area (TPSA) is 67.4 Å². The lowest BCUT2D eigenvalue weighted by atomic mass is 10.1. The summed E-state index contributed by atoms with van der Waals surface area (Å²) >= 11 is 0. The fourth-order valence-corrected chi connectivity index (χ4v) is 2.64. The van der Waals surface area contributed by atoms with Gasteiger partial charge in [-0.25, -0.2) is 0 Å². The summed E-state index contributed by atoms with van der Waals surface area (Å²) in [5.41, 5.74) is 3.15. The van der Waals surface area contributed by atoms with Crippen LogP contribution in [-0.4, -0.2) is 18.4 Å². The summed E-state index contributed by atoms with van der Waals surface area (Å²) in [6.45, 7) is 2.31. The van der Waals surface area contributed by atoms with E-state index in [0.29, 0.717) is 23.5 Å². The fraction of sp³-hybridized carbons (Fsp3) is 0.130. The molecule has 0 atom stereocenters. The number of anilines is 1. The fourth-order valence-electron chi connectivity index (χ4n) is 2.64. The molecule has 28 heavy (non-hydrogen) atoms. The number of nitrogens with one attached hydrogen (secondary N) is 2. The van der Waals surface area contributed by atoms with E-state index in [9.17, 15) is 9.59 Å². The molecule has 3 aromatic carbocycles. The average molecular weight is 374 g/mol. The third kappa shape index (κ3) is 5.45. The van der Waals surface area contributed by atoms with Gasteiger partial charge in [0.05, 0.1) is 0 Å². The van der Waals surface area contributed by atoms with Crippen molar-refractivity contribution in [3.8, 4) is 5.75 Å². The molecule has 0 heterocycles.